The predicted molar refractivity (Wildman–Crippen MR) is 49.6 cm³/mol. The molecule has 0 spiro atoms. The quantitative estimate of drug-likeness (QED) is 0.498. The van der Waals surface area contributed by atoms with Gasteiger partial charge in [0.05, 0.1) is 5.25 Å². The van der Waals surface area contributed by atoms with Crippen LogP contribution in [0.1, 0.15) is 13.3 Å². The number of rotatable bonds is 5. The molecule has 1 N–H and O–H groups in total. The molecule has 12 heavy (non-hydrogen) atoms. The number of carbonyl (C=O) groups excluding carboxylic acids is 2. The third kappa shape index (κ3) is 3.23. The van der Waals surface area contributed by atoms with E-state index in [1.54, 1.807) is 7.05 Å². The third-order valence-electron chi connectivity index (χ3n) is 1.41. The molecule has 4 nitrogen and oxygen atoms in total. The van der Waals surface area contributed by atoms with Gasteiger partial charge in [-0.15, -0.1) is 0 Å². The minimum Gasteiger partial charge on any atom is -0.287 e. The van der Waals surface area contributed by atoms with E-state index in [0.29, 0.717) is 12.8 Å². The Kier molecular flexibility index (Phi) is 5.74. The highest BCUT2D eigenvalue weighted by Crippen LogP contribution is 2.11. The molecule has 0 rings (SSSR count). The van der Waals surface area contributed by atoms with Crippen LogP contribution in [0.15, 0.2) is 0 Å². The lowest BCUT2D eigenvalue weighted by Gasteiger charge is -2.16. The number of imide groups is 1. The second kappa shape index (κ2) is 6.02. The Hall–Kier alpha value is -0.550. The number of nitrogens with one attached hydrogen (secondary N) is 1. The molecule has 0 aromatic heterocycles. The van der Waals surface area contributed by atoms with Gasteiger partial charge in [-0.05, 0) is 13.5 Å². The highest BCUT2D eigenvalue weighted by atomic mass is 32.2. The fourth-order valence-corrected chi connectivity index (χ4v) is 1.45. The summed E-state index contributed by atoms with van der Waals surface area (Å²) in [5, 5.41) is -0.176. The van der Waals surface area contributed by atoms with Crippen molar-refractivity contribution in [2.45, 2.75) is 18.6 Å². The van der Waals surface area contributed by atoms with Gasteiger partial charge in [-0.25, -0.2) is 0 Å². The van der Waals surface area contributed by atoms with Crippen LogP contribution >= 0.6 is 11.9 Å². The van der Waals surface area contributed by atoms with Crippen LogP contribution in [-0.4, -0.2) is 36.6 Å². The molecule has 0 radical (unpaired) electrons. The maximum atomic E-state index is 11.3. The second-order valence-corrected chi connectivity index (χ2v) is 3.49. The lowest BCUT2D eigenvalue weighted by atomic mass is 10.3. The van der Waals surface area contributed by atoms with E-state index >= 15 is 0 Å². The van der Waals surface area contributed by atoms with Crippen molar-refractivity contribution in [1.82, 2.24) is 9.62 Å². The Labute approximate surface area is 76.8 Å². The largest absolute Gasteiger partial charge is 0.287 e. The van der Waals surface area contributed by atoms with Crippen molar-refractivity contribution in [3.63, 3.8) is 0 Å². The first-order valence-electron chi connectivity index (χ1n) is 3.71. The van der Waals surface area contributed by atoms with Crippen LogP contribution in [0.3, 0.4) is 0 Å². The summed E-state index contributed by atoms with van der Waals surface area (Å²) in [5.74, 6) is -0.160. The summed E-state index contributed by atoms with van der Waals surface area (Å²) in [5.41, 5.74) is 0. The first-order valence-corrected chi connectivity index (χ1v) is 4.59. The van der Waals surface area contributed by atoms with Crippen LogP contribution in [0.4, 0.5) is 0 Å². The lowest BCUT2D eigenvalue weighted by Crippen LogP contribution is -2.34. The van der Waals surface area contributed by atoms with Crippen LogP contribution in [0.2, 0.25) is 0 Å². The van der Waals surface area contributed by atoms with Gasteiger partial charge in [0.25, 0.3) is 0 Å². The molecule has 70 valence electrons. The van der Waals surface area contributed by atoms with Gasteiger partial charge in [-0.1, -0.05) is 18.9 Å². The molecular weight excluding hydrogens is 176 g/mol. The Balaban J connectivity index is 4.10. The number of hydrogen-bond donors (Lipinski definition) is 1. The average molecular weight is 190 g/mol. The van der Waals surface area contributed by atoms with Crippen LogP contribution in [-0.2, 0) is 9.59 Å². The first-order chi connectivity index (χ1) is 5.67. The van der Waals surface area contributed by atoms with Gasteiger partial charge in [-0.2, -0.15) is 0 Å². The van der Waals surface area contributed by atoms with Gasteiger partial charge < -0.3 is 0 Å². The Morgan fingerprint density at radius 1 is 1.75 bits per heavy atom. The van der Waals surface area contributed by atoms with Crippen molar-refractivity contribution in [2.24, 2.45) is 0 Å². The molecule has 1 atom stereocenters. The Bertz CT molecular complexity index is 163. The highest BCUT2D eigenvalue weighted by Gasteiger charge is 2.19. The summed E-state index contributed by atoms with van der Waals surface area (Å²) >= 11 is 1.33. The average Bonchev–Trinajstić information content (AvgIpc) is 2.11. The normalized spacial score (nSPS) is 12.2. The summed E-state index contributed by atoms with van der Waals surface area (Å²) < 4.78 is 2.83. The van der Waals surface area contributed by atoms with Crippen molar-refractivity contribution < 1.29 is 9.59 Å². The van der Waals surface area contributed by atoms with E-state index in [4.69, 9.17) is 0 Å². The van der Waals surface area contributed by atoms with E-state index in [-0.39, 0.29) is 11.2 Å². The van der Waals surface area contributed by atoms with Crippen molar-refractivity contribution in [3.05, 3.63) is 0 Å². The van der Waals surface area contributed by atoms with Crippen LogP contribution in [0.25, 0.3) is 0 Å². The van der Waals surface area contributed by atoms with E-state index in [1.807, 2.05) is 6.92 Å². The van der Waals surface area contributed by atoms with Crippen molar-refractivity contribution >= 4 is 24.3 Å². The molecule has 0 aliphatic heterocycles. The van der Waals surface area contributed by atoms with Gasteiger partial charge in [0, 0.05) is 7.05 Å². The maximum Gasteiger partial charge on any atom is 0.243 e. The van der Waals surface area contributed by atoms with Crippen molar-refractivity contribution in [3.8, 4) is 0 Å². The number of hydrogen-bond acceptors (Lipinski definition) is 4. The molecule has 0 aliphatic carbocycles. The molecule has 0 heterocycles. The summed E-state index contributed by atoms with van der Waals surface area (Å²) in [6, 6.07) is 0. The lowest BCUT2D eigenvalue weighted by molar-refractivity contribution is -0.136. The Morgan fingerprint density at radius 3 is 2.67 bits per heavy atom. The SMILES string of the molecule is CCC(SNC)C(=O)N(C)C=O. The number of carbonyl (C=O) groups is 2. The molecular formula is C7H14N2O2S. The Morgan fingerprint density at radius 2 is 2.33 bits per heavy atom. The topological polar surface area (TPSA) is 49.4 Å². The van der Waals surface area contributed by atoms with Gasteiger partial charge in [0.15, 0.2) is 0 Å². The van der Waals surface area contributed by atoms with Crippen LogP contribution in [0.5, 0.6) is 0 Å². The molecule has 0 aliphatic rings. The molecule has 0 saturated heterocycles. The maximum absolute atomic E-state index is 11.3. The van der Waals surface area contributed by atoms with Gasteiger partial charge in [0.1, 0.15) is 0 Å². The zero-order valence-corrected chi connectivity index (χ0v) is 8.35. The van der Waals surface area contributed by atoms with Crippen molar-refractivity contribution in [1.29, 1.82) is 0 Å². The van der Waals surface area contributed by atoms with Gasteiger partial charge in [-0.3, -0.25) is 19.2 Å². The molecule has 0 bridgehead atoms. The zero-order valence-electron chi connectivity index (χ0n) is 7.53. The fourth-order valence-electron chi connectivity index (χ4n) is 0.730. The zero-order chi connectivity index (χ0) is 9.56. The van der Waals surface area contributed by atoms with Gasteiger partial charge in [0.2, 0.25) is 12.3 Å². The molecule has 0 saturated carbocycles. The summed E-state index contributed by atoms with van der Waals surface area (Å²) in [4.78, 5) is 22.6. The van der Waals surface area contributed by atoms with E-state index in [0.717, 1.165) is 4.90 Å². The number of amides is 2. The predicted octanol–water partition coefficient (Wildman–Crippen LogP) is 0.247. The molecule has 1 unspecified atom stereocenters. The minimum absolute atomic E-state index is 0.160. The minimum atomic E-state index is -0.176. The van der Waals surface area contributed by atoms with Crippen LogP contribution < -0.4 is 4.72 Å². The highest BCUT2D eigenvalue weighted by molar-refractivity contribution is 7.98. The van der Waals surface area contributed by atoms with Crippen molar-refractivity contribution in [2.75, 3.05) is 14.1 Å². The summed E-state index contributed by atoms with van der Waals surface area (Å²) in [6.45, 7) is 1.91. The van der Waals surface area contributed by atoms with Crippen LogP contribution in [0, 0.1) is 0 Å². The third-order valence-corrected chi connectivity index (χ3v) is 2.47. The van der Waals surface area contributed by atoms with E-state index in [1.165, 1.54) is 19.0 Å². The second-order valence-electron chi connectivity index (χ2n) is 2.27. The monoisotopic (exact) mass is 190 g/mol. The summed E-state index contributed by atoms with van der Waals surface area (Å²) in [6.07, 6.45) is 1.24. The van der Waals surface area contributed by atoms with E-state index < -0.39 is 0 Å². The fraction of sp³-hybridized carbons (Fsp3) is 0.714. The molecule has 0 fully saturated rings. The standard InChI is InChI=1S/C7H14N2O2S/c1-4-6(12-8-2)7(11)9(3)5-10/h5-6,8H,4H2,1-3H3. The van der Waals surface area contributed by atoms with E-state index in [2.05, 4.69) is 4.72 Å². The van der Waals surface area contributed by atoms with E-state index in [9.17, 15) is 9.59 Å². The molecule has 0 aromatic rings. The molecule has 5 heteroatoms. The first kappa shape index (κ1) is 11.4. The number of nitrogens with zero attached hydrogens (tertiary/aromatic N) is 1. The molecule has 0 aromatic carbocycles. The summed E-state index contributed by atoms with van der Waals surface area (Å²) in [7, 11) is 3.22. The molecule has 2 amide bonds. The smallest absolute Gasteiger partial charge is 0.243 e. The van der Waals surface area contributed by atoms with Gasteiger partial charge >= 0.3 is 0 Å².